The van der Waals surface area contributed by atoms with Crippen LogP contribution < -0.4 is 15.4 Å². The number of rotatable bonds is 5. The van der Waals surface area contributed by atoms with E-state index in [0.29, 0.717) is 0 Å². The number of amides is 1. The van der Waals surface area contributed by atoms with E-state index in [4.69, 9.17) is 10.5 Å². The lowest BCUT2D eigenvalue weighted by molar-refractivity contribution is -0.908. The Morgan fingerprint density at radius 1 is 1.44 bits per heavy atom. The van der Waals surface area contributed by atoms with E-state index in [1.807, 2.05) is 38.2 Å². The van der Waals surface area contributed by atoms with Crippen molar-refractivity contribution in [2.45, 2.75) is 19.5 Å². The van der Waals surface area contributed by atoms with Crippen LogP contribution in [-0.4, -0.2) is 26.1 Å². The maximum absolute atomic E-state index is 11.0. The summed E-state index contributed by atoms with van der Waals surface area (Å²) in [6.45, 7) is 2.61. The molecule has 0 aliphatic carbocycles. The largest absolute Gasteiger partial charge is 0.497 e. The molecular formula is C12H19N2O2+. The fourth-order valence-corrected chi connectivity index (χ4v) is 1.46. The van der Waals surface area contributed by atoms with Crippen molar-refractivity contribution >= 4 is 5.91 Å². The topological polar surface area (TPSA) is 56.8 Å². The highest BCUT2D eigenvalue weighted by Gasteiger charge is 2.18. The molecule has 4 heteroatoms. The third-order valence-electron chi connectivity index (χ3n) is 2.81. The molecule has 3 N–H and O–H groups in total. The summed E-state index contributed by atoms with van der Waals surface area (Å²) in [6, 6.07) is 7.64. The van der Waals surface area contributed by atoms with Crippen LogP contribution in [0.25, 0.3) is 0 Å². The van der Waals surface area contributed by atoms with Gasteiger partial charge in [-0.2, -0.15) is 0 Å². The van der Waals surface area contributed by atoms with Gasteiger partial charge >= 0.3 is 0 Å². The highest BCUT2D eigenvalue weighted by Crippen LogP contribution is 2.10. The lowest BCUT2D eigenvalue weighted by Crippen LogP contribution is -3.12. The lowest BCUT2D eigenvalue weighted by Gasteiger charge is -2.19. The molecule has 0 aromatic heterocycles. The van der Waals surface area contributed by atoms with Crippen LogP contribution in [0, 0.1) is 0 Å². The summed E-state index contributed by atoms with van der Waals surface area (Å²) in [7, 11) is 3.60. The van der Waals surface area contributed by atoms with Crippen molar-refractivity contribution in [1.82, 2.24) is 0 Å². The molecule has 4 nitrogen and oxygen atoms in total. The van der Waals surface area contributed by atoms with Crippen LogP contribution in [0.3, 0.4) is 0 Å². The smallest absolute Gasteiger partial charge is 0.275 e. The molecule has 1 amide bonds. The molecule has 0 radical (unpaired) electrons. The second-order valence-corrected chi connectivity index (χ2v) is 4.00. The van der Waals surface area contributed by atoms with E-state index in [9.17, 15) is 4.79 Å². The number of likely N-dealkylation sites (N-methyl/N-ethyl adjacent to an activating group) is 1. The average Bonchev–Trinajstić information content (AvgIpc) is 2.28. The third-order valence-corrected chi connectivity index (χ3v) is 2.81. The standard InChI is InChI=1S/C12H18N2O2/c1-9(12(13)15)14(2)8-10-4-6-11(16-3)7-5-10/h4-7,9H,8H2,1-3H3,(H2,13,15)/p+1/t9-/m0/s1. The van der Waals surface area contributed by atoms with Crippen LogP contribution in [0.5, 0.6) is 5.75 Å². The molecule has 1 rings (SSSR count). The maximum atomic E-state index is 11.0. The zero-order valence-corrected chi connectivity index (χ0v) is 9.99. The van der Waals surface area contributed by atoms with Gasteiger partial charge < -0.3 is 15.4 Å². The Hall–Kier alpha value is -1.55. The van der Waals surface area contributed by atoms with Crippen LogP contribution >= 0.6 is 0 Å². The van der Waals surface area contributed by atoms with E-state index >= 15 is 0 Å². The summed E-state index contributed by atoms with van der Waals surface area (Å²) in [5, 5.41) is 0. The van der Waals surface area contributed by atoms with E-state index in [2.05, 4.69) is 0 Å². The predicted octanol–water partition coefficient (Wildman–Crippen LogP) is -0.416. The normalized spacial score (nSPS) is 14.2. The van der Waals surface area contributed by atoms with E-state index in [-0.39, 0.29) is 11.9 Å². The van der Waals surface area contributed by atoms with Crippen molar-refractivity contribution in [1.29, 1.82) is 0 Å². The molecule has 2 atom stereocenters. The van der Waals surface area contributed by atoms with Gasteiger partial charge in [0.25, 0.3) is 5.91 Å². The summed E-state index contributed by atoms with van der Waals surface area (Å²) >= 11 is 0. The SMILES string of the molecule is COc1ccc(C[NH+](C)[C@@H](C)C(N)=O)cc1. The summed E-state index contributed by atoms with van der Waals surface area (Å²) in [4.78, 5) is 12.1. The number of hydrogen-bond donors (Lipinski definition) is 2. The quantitative estimate of drug-likeness (QED) is 0.712. The second-order valence-electron chi connectivity index (χ2n) is 4.00. The molecule has 0 fully saturated rings. The van der Waals surface area contributed by atoms with Gasteiger partial charge in [0.05, 0.1) is 14.2 Å². The van der Waals surface area contributed by atoms with E-state index in [0.717, 1.165) is 22.8 Å². The van der Waals surface area contributed by atoms with E-state index in [1.54, 1.807) is 7.11 Å². The Bertz CT molecular complexity index is 349. The Morgan fingerprint density at radius 3 is 2.44 bits per heavy atom. The van der Waals surface area contributed by atoms with Crippen LogP contribution in [0.1, 0.15) is 12.5 Å². The van der Waals surface area contributed by atoms with Gasteiger partial charge in [-0.3, -0.25) is 4.79 Å². The number of ether oxygens (including phenoxy) is 1. The fraction of sp³-hybridized carbons (Fsp3) is 0.417. The second kappa shape index (κ2) is 5.51. The van der Waals surface area contributed by atoms with Crippen LogP contribution in [-0.2, 0) is 11.3 Å². The monoisotopic (exact) mass is 223 g/mol. The molecule has 88 valence electrons. The van der Waals surface area contributed by atoms with Crippen molar-refractivity contribution in [3.63, 3.8) is 0 Å². The third kappa shape index (κ3) is 3.24. The first-order valence-electron chi connectivity index (χ1n) is 5.29. The summed E-state index contributed by atoms with van der Waals surface area (Å²) in [5.41, 5.74) is 6.42. The Balaban J connectivity index is 2.62. The molecule has 16 heavy (non-hydrogen) atoms. The van der Waals surface area contributed by atoms with Crippen molar-refractivity contribution in [2.24, 2.45) is 5.73 Å². The first kappa shape index (κ1) is 12.5. The molecule has 1 aromatic rings. The minimum absolute atomic E-state index is 0.179. The van der Waals surface area contributed by atoms with Gasteiger partial charge in [0.1, 0.15) is 12.3 Å². The molecule has 0 saturated heterocycles. The van der Waals surface area contributed by atoms with Gasteiger partial charge in [0.2, 0.25) is 0 Å². The lowest BCUT2D eigenvalue weighted by atomic mass is 10.2. The van der Waals surface area contributed by atoms with Gasteiger partial charge in [0.15, 0.2) is 6.04 Å². The summed E-state index contributed by atoms with van der Waals surface area (Å²) in [6.07, 6.45) is 0. The minimum atomic E-state index is -0.272. The van der Waals surface area contributed by atoms with Crippen LogP contribution in [0.15, 0.2) is 24.3 Å². The molecule has 1 unspecified atom stereocenters. The molecular weight excluding hydrogens is 204 g/mol. The highest BCUT2D eigenvalue weighted by atomic mass is 16.5. The van der Waals surface area contributed by atoms with Crippen molar-refractivity contribution in [3.8, 4) is 5.75 Å². The fourth-order valence-electron chi connectivity index (χ4n) is 1.46. The van der Waals surface area contributed by atoms with Gasteiger partial charge in [-0.05, 0) is 31.2 Å². The first-order valence-corrected chi connectivity index (χ1v) is 5.29. The predicted molar refractivity (Wildman–Crippen MR) is 62.2 cm³/mol. The number of carbonyl (C=O) groups excluding carboxylic acids is 1. The Morgan fingerprint density at radius 2 is 2.00 bits per heavy atom. The number of carbonyl (C=O) groups is 1. The van der Waals surface area contributed by atoms with E-state index < -0.39 is 0 Å². The molecule has 0 heterocycles. The molecule has 1 aromatic carbocycles. The molecule has 0 aliphatic heterocycles. The van der Waals surface area contributed by atoms with Crippen molar-refractivity contribution in [3.05, 3.63) is 29.8 Å². The first-order chi connectivity index (χ1) is 7.54. The Labute approximate surface area is 96.0 Å². The summed E-state index contributed by atoms with van der Waals surface area (Å²) < 4.78 is 5.08. The van der Waals surface area contributed by atoms with Gasteiger partial charge in [-0.25, -0.2) is 0 Å². The van der Waals surface area contributed by atoms with Gasteiger partial charge in [-0.15, -0.1) is 0 Å². The molecule has 0 bridgehead atoms. The number of benzene rings is 1. The molecule has 0 aliphatic rings. The number of primary amides is 1. The molecule has 0 saturated carbocycles. The van der Waals surface area contributed by atoms with Crippen molar-refractivity contribution in [2.75, 3.05) is 14.2 Å². The average molecular weight is 223 g/mol. The number of nitrogens with one attached hydrogen (secondary N) is 1. The minimum Gasteiger partial charge on any atom is -0.497 e. The summed E-state index contributed by atoms with van der Waals surface area (Å²) in [5.74, 6) is 0.565. The Kier molecular flexibility index (Phi) is 4.31. The van der Waals surface area contributed by atoms with Crippen molar-refractivity contribution < 1.29 is 14.4 Å². The number of hydrogen-bond acceptors (Lipinski definition) is 2. The zero-order chi connectivity index (χ0) is 12.1. The van der Waals surface area contributed by atoms with Crippen LogP contribution in [0.4, 0.5) is 0 Å². The molecule has 0 spiro atoms. The maximum Gasteiger partial charge on any atom is 0.275 e. The highest BCUT2D eigenvalue weighted by molar-refractivity contribution is 5.77. The number of quaternary nitrogens is 1. The van der Waals surface area contributed by atoms with E-state index in [1.165, 1.54) is 0 Å². The number of nitrogens with two attached hydrogens (primary N) is 1. The van der Waals surface area contributed by atoms with Crippen LogP contribution in [0.2, 0.25) is 0 Å². The van der Waals surface area contributed by atoms with Gasteiger partial charge in [0, 0.05) is 5.56 Å². The number of methoxy groups -OCH3 is 1. The zero-order valence-electron chi connectivity index (χ0n) is 9.99. The van der Waals surface area contributed by atoms with Gasteiger partial charge in [-0.1, -0.05) is 0 Å².